The molecule has 1 N–H and O–H groups in total. The molecule has 1 aromatic carbocycles. The number of nitrogens with zero attached hydrogens (tertiary/aromatic N) is 3. The van der Waals surface area contributed by atoms with Crippen molar-refractivity contribution in [2.75, 3.05) is 25.0 Å². The summed E-state index contributed by atoms with van der Waals surface area (Å²) < 4.78 is 20.5. The molecule has 1 amide bonds. The van der Waals surface area contributed by atoms with Crippen LogP contribution in [0.2, 0.25) is 0 Å². The molecule has 0 radical (unpaired) electrons. The van der Waals surface area contributed by atoms with E-state index in [1.807, 2.05) is 10.8 Å². The number of carbonyl (C=O) groups is 2. The van der Waals surface area contributed by atoms with Crippen molar-refractivity contribution in [2.45, 2.75) is 31.9 Å². The number of nitrogens with one attached hydrogen (secondary N) is 1. The fourth-order valence-corrected chi connectivity index (χ4v) is 4.02. The number of hydrogen-bond acceptors (Lipinski definition) is 5. The second-order valence-corrected chi connectivity index (χ2v) is 7.51. The summed E-state index contributed by atoms with van der Waals surface area (Å²) in [5.74, 6) is -0.484. The van der Waals surface area contributed by atoms with E-state index in [1.54, 1.807) is 29.6 Å². The number of carbonyl (C=O) groups excluding carboxylic acids is 2. The largest absolute Gasteiger partial charge is 0.460 e. The first-order chi connectivity index (χ1) is 13.5. The van der Waals surface area contributed by atoms with Crippen LogP contribution in [0.4, 0.5) is 10.1 Å². The zero-order valence-corrected chi connectivity index (χ0v) is 15.5. The SMILES string of the molecule is O=C(CNc1ccc(F)cc1)N1CCC2(CC1)CC(Cn1ccnc1)OC2=O. The summed E-state index contributed by atoms with van der Waals surface area (Å²) in [6, 6.07) is 5.90. The van der Waals surface area contributed by atoms with Crippen LogP contribution in [-0.2, 0) is 20.9 Å². The van der Waals surface area contributed by atoms with Gasteiger partial charge in [0.15, 0.2) is 0 Å². The summed E-state index contributed by atoms with van der Waals surface area (Å²) in [5, 5.41) is 3.01. The van der Waals surface area contributed by atoms with E-state index in [0.29, 0.717) is 44.6 Å². The smallest absolute Gasteiger partial charge is 0.312 e. The van der Waals surface area contributed by atoms with Gasteiger partial charge in [-0.25, -0.2) is 9.37 Å². The molecular formula is C20H23FN4O3. The van der Waals surface area contributed by atoms with Gasteiger partial charge in [0.1, 0.15) is 11.9 Å². The van der Waals surface area contributed by atoms with Crippen LogP contribution in [0.15, 0.2) is 43.0 Å². The van der Waals surface area contributed by atoms with Crippen molar-refractivity contribution in [3.05, 3.63) is 48.8 Å². The lowest BCUT2D eigenvalue weighted by atomic mass is 9.76. The fraction of sp³-hybridized carbons (Fsp3) is 0.450. The maximum atomic E-state index is 12.9. The number of rotatable bonds is 5. The normalized spacial score (nSPS) is 21.0. The molecular weight excluding hydrogens is 363 g/mol. The molecule has 1 unspecified atom stereocenters. The molecule has 1 spiro atoms. The van der Waals surface area contributed by atoms with Crippen LogP contribution in [0.5, 0.6) is 0 Å². The van der Waals surface area contributed by atoms with Crippen LogP contribution in [0, 0.1) is 11.2 Å². The second kappa shape index (κ2) is 7.61. The van der Waals surface area contributed by atoms with E-state index >= 15 is 0 Å². The quantitative estimate of drug-likeness (QED) is 0.796. The van der Waals surface area contributed by atoms with Gasteiger partial charge in [-0.05, 0) is 37.1 Å². The van der Waals surface area contributed by atoms with Gasteiger partial charge in [0.25, 0.3) is 0 Å². The first kappa shape index (κ1) is 18.5. The number of piperidine rings is 1. The summed E-state index contributed by atoms with van der Waals surface area (Å²) in [7, 11) is 0. The Hall–Kier alpha value is -2.90. The molecule has 8 heteroatoms. The van der Waals surface area contributed by atoms with Crippen molar-refractivity contribution < 1.29 is 18.7 Å². The molecule has 3 heterocycles. The number of likely N-dealkylation sites (tertiary alicyclic amines) is 1. The third-order valence-electron chi connectivity index (χ3n) is 5.66. The van der Waals surface area contributed by atoms with Crippen molar-refractivity contribution in [2.24, 2.45) is 5.41 Å². The molecule has 7 nitrogen and oxygen atoms in total. The molecule has 148 valence electrons. The minimum absolute atomic E-state index is 0.0273. The molecule has 2 saturated heterocycles. The number of halogens is 1. The van der Waals surface area contributed by atoms with Crippen LogP contribution >= 0.6 is 0 Å². The Bertz CT molecular complexity index is 830. The molecule has 0 saturated carbocycles. The van der Waals surface area contributed by atoms with Gasteiger partial charge in [-0.3, -0.25) is 9.59 Å². The number of amides is 1. The first-order valence-electron chi connectivity index (χ1n) is 9.48. The highest BCUT2D eigenvalue weighted by atomic mass is 19.1. The average molecular weight is 386 g/mol. The van der Waals surface area contributed by atoms with Crippen LogP contribution in [0.25, 0.3) is 0 Å². The van der Waals surface area contributed by atoms with Crippen molar-refractivity contribution in [3.63, 3.8) is 0 Å². The standard InChI is InChI=1S/C20H23FN4O3/c21-15-1-3-16(4-2-15)23-12-18(26)25-8-5-20(6-9-25)11-17(28-19(20)27)13-24-10-7-22-14-24/h1-4,7,10,14,17,23H,5-6,8-9,11-13H2. The molecule has 4 rings (SSSR count). The van der Waals surface area contributed by atoms with Gasteiger partial charge in [-0.1, -0.05) is 0 Å². The molecule has 2 aromatic rings. The van der Waals surface area contributed by atoms with Crippen molar-refractivity contribution in [3.8, 4) is 0 Å². The summed E-state index contributed by atoms with van der Waals surface area (Å²) in [5.41, 5.74) is 0.219. The Morgan fingerprint density at radius 1 is 1.29 bits per heavy atom. The molecule has 1 aromatic heterocycles. The predicted octanol–water partition coefficient (Wildman–Crippen LogP) is 2.06. The first-order valence-corrected chi connectivity index (χ1v) is 9.48. The topological polar surface area (TPSA) is 76.5 Å². The van der Waals surface area contributed by atoms with Crippen LogP contribution in [-0.4, -0.2) is 52.1 Å². The summed E-state index contributed by atoms with van der Waals surface area (Å²) in [6.07, 6.45) is 7.05. The number of imidazole rings is 1. The number of ether oxygens (including phenoxy) is 1. The van der Waals surface area contributed by atoms with E-state index < -0.39 is 5.41 Å². The highest BCUT2D eigenvalue weighted by Gasteiger charge is 2.50. The molecule has 2 fully saturated rings. The van der Waals surface area contributed by atoms with Gasteiger partial charge in [-0.15, -0.1) is 0 Å². The van der Waals surface area contributed by atoms with Gasteiger partial charge in [-0.2, -0.15) is 0 Å². The molecule has 0 aliphatic carbocycles. The third kappa shape index (κ3) is 3.85. The lowest BCUT2D eigenvalue weighted by molar-refractivity contribution is -0.152. The molecule has 28 heavy (non-hydrogen) atoms. The van der Waals surface area contributed by atoms with Crippen molar-refractivity contribution in [1.29, 1.82) is 0 Å². The summed E-state index contributed by atoms with van der Waals surface area (Å²) in [4.78, 5) is 30.8. The van der Waals surface area contributed by atoms with E-state index in [0.717, 1.165) is 0 Å². The van der Waals surface area contributed by atoms with Gasteiger partial charge >= 0.3 is 5.97 Å². The van der Waals surface area contributed by atoms with E-state index in [-0.39, 0.29) is 30.3 Å². The predicted molar refractivity (Wildman–Crippen MR) is 99.9 cm³/mol. The number of hydrogen-bond donors (Lipinski definition) is 1. The second-order valence-electron chi connectivity index (χ2n) is 7.51. The molecule has 2 aliphatic heterocycles. The Morgan fingerprint density at radius 3 is 2.71 bits per heavy atom. The van der Waals surface area contributed by atoms with Gasteiger partial charge in [0.2, 0.25) is 5.91 Å². The average Bonchev–Trinajstić information content (AvgIpc) is 3.30. The zero-order valence-electron chi connectivity index (χ0n) is 15.5. The van der Waals surface area contributed by atoms with Crippen LogP contribution in [0.3, 0.4) is 0 Å². The maximum absolute atomic E-state index is 12.9. The highest BCUT2D eigenvalue weighted by molar-refractivity contribution is 5.82. The Kier molecular flexibility index (Phi) is 5.02. The lowest BCUT2D eigenvalue weighted by Crippen LogP contribution is -2.46. The summed E-state index contributed by atoms with van der Waals surface area (Å²) in [6.45, 7) is 1.83. The van der Waals surface area contributed by atoms with E-state index in [9.17, 15) is 14.0 Å². The maximum Gasteiger partial charge on any atom is 0.312 e. The minimum atomic E-state index is -0.480. The lowest BCUT2D eigenvalue weighted by Gasteiger charge is -2.36. The molecule has 0 bridgehead atoms. The Labute approximate surface area is 162 Å². The summed E-state index contributed by atoms with van der Waals surface area (Å²) >= 11 is 0. The van der Waals surface area contributed by atoms with Gasteiger partial charge in [0.05, 0.1) is 24.8 Å². The zero-order chi connectivity index (χ0) is 19.6. The van der Waals surface area contributed by atoms with Crippen LogP contribution < -0.4 is 5.32 Å². The highest BCUT2D eigenvalue weighted by Crippen LogP contribution is 2.43. The Morgan fingerprint density at radius 2 is 2.04 bits per heavy atom. The monoisotopic (exact) mass is 386 g/mol. The van der Waals surface area contributed by atoms with Gasteiger partial charge in [0, 0.05) is 37.6 Å². The van der Waals surface area contributed by atoms with Crippen molar-refractivity contribution in [1.82, 2.24) is 14.5 Å². The van der Waals surface area contributed by atoms with E-state index in [4.69, 9.17) is 4.74 Å². The molecule has 2 aliphatic rings. The van der Waals surface area contributed by atoms with Crippen LogP contribution in [0.1, 0.15) is 19.3 Å². The molecule has 1 atom stereocenters. The number of aromatic nitrogens is 2. The van der Waals surface area contributed by atoms with E-state index in [2.05, 4.69) is 10.3 Å². The Balaban J connectivity index is 1.28. The fourth-order valence-electron chi connectivity index (χ4n) is 4.02. The minimum Gasteiger partial charge on any atom is -0.460 e. The number of esters is 1. The van der Waals surface area contributed by atoms with E-state index in [1.165, 1.54) is 12.1 Å². The number of anilines is 1. The van der Waals surface area contributed by atoms with Crippen molar-refractivity contribution >= 4 is 17.6 Å². The number of benzene rings is 1. The van der Waals surface area contributed by atoms with Gasteiger partial charge < -0.3 is 19.5 Å². The number of cyclic esters (lactones) is 1. The third-order valence-corrected chi connectivity index (χ3v) is 5.66.